The second-order valence-electron chi connectivity index (χ2n) is 4.80. The Balaban J connectivity index is 2.20. The van der Waals surface area contributed by atoms with Crippen molar-refractivity contribution in [1.82, 2.24) is 0 Å². The highest BCUT2D eigenvalue weighted by Gasteiger charge is 2.19. The van der Waals surface area contributed by atoms with Crippen molar-refractivity contribution in [3.8, 4) is 0 Å². The molecule has 0 amide bonds. The van der Waals surface area contributed by atoms with Crippen molar-refractivity contribution in [2.75, 3.05) is 5.73 Å². The Labute approximate surface area is 129 Å². The second-order valence-corrected chi connectivity index (χ2v) is 5.21. The van der Waals surface area contributed by atoms with Crippen molar-refractivity contribution >= 4 is 23.3 Å². The number of halogens is 1. The van der Waals surface area contributed by atoms with Gasteiger partial charge >= 0.3 is 5.97 Å². The van der Waals surface area contributed by atoms with E-state index in [1.54, 1.807) is 12.1 Å². The quantitative estimate of drug-likeness (QED) is 0.664. The van der Waals surface area contributed by atoms with Crippen molar-refractivity contribution in [1.29, 1.82) is 0 Å². The lowest BCUT2D eigenvalue weighted by Gasteiger charge is -2.13. The van der Waals surface area contributed by atoms with Crippen LogP contribution in [0.2, 0.25) is 5.02 Å². The van der Waals surface area contributed by atoms with E-state index in [-0.39, 0.29) is 6.61 Å². The number of esters is 1. The van der Waals surface area contributed by atoms with E-state index in [1.165, 1.54) is 0 Å². The average Bonchev–Trinajstić information content (AvgIpc) is 2.50. The maximum Gasteiger partial charge on any atom is 0.340 e. The Morgan fingerprint density at radius 2 is 1.90 bits per heavy atom. The van der Waals surface area contributed by atoms with Gasteiger partial charge in [-0.2, -0.15) is 0 Å². The molecule has 0 heterocycles. The Hall–Kier alpha value is -2.00. The summed E-state index contributed by atoms with van der Waals surface area (Å²) >= 11 is 6.16. The zero-order chi connectivity index (χ0) is 15.2. The summed E-state index contributed by atoms with van der Waals surface area (Å²) in [5.74, 6) is -0.431. The van der Waals surface area contributed by atoms with Crippen LogP contribution in [0.15, 0.2) is 42.5 Å². The molecule has 0 atom stereocenters. The van der Waals surface area contributed by atoms with Gasteiger partial charge in [-0.25, -0.2) is 4.79 Å². The molecule has 0 spiro atoms. The third kappa shape index (κ3) is 3.76. The molecule has 0 fully saturated rings. The molecule has 0 radical (unpaired) electrons. The van der Waals surface area contributed by atoms with E-state index in [1.807, 2.05) is 37.3 Å². The Morgan fingerprint density at radius 1 is 1.19 bits per heavy atom. The van der Waals surface area contributed by atoms with Crippen LogP contribution in [0.4, 0.5) is 5.69 Å². The first-order valence-electron chi connectivity index (χ1n) is 6.91. The van der Waals surface area contributed by atoms with E-state index < -0.39 is 5.97 Å². The van der Waals surface area contributed by atoms with Crippen LogP contribution in [0.3, 0.4) is 0 Å². The number of benzene rings is 2. The Bertz CT molecular complexity index is 626. The van der Waals surface area contributed by atoms with Crippen molar-refractivity contribution in [2.45, 2.75) is 26.4 Å². The number of hydrogen-bond donors (Lipinski definition) is 1. The Morgan fingerprint density at radius 3 is 2.57 bits per heavy atom. The summed E-state index contributed by atoms with van der Waals surface area (Å²) in [6.45, 7) is 2.25. The predicted molar refractivity (Wildman–Crippen MR) is 85.4 cm³/mol. The van der Waals surface area contributed by atoms with Crippen LogP contribution >= 0.6 is 11.6 Å². The molecule has 0 aliphatic rings. The zero-order valence-corrected chi connectivity index (χ0v) is 12.7. The molecule has 2 rings (SSSR count). The minimum absolute atomic E-state index is 0.219. The Kier molecular flexibility index (Phi) is 5.23. The van der Waals surface area contributed by atoms with Gasteiger partial charge < -0.3 is 10.5 Å². The molecular formula is C17H18ClNO2. The first-order chi connectivity index (χ1) is 10.1. The summed E-state index contributed by atoms with van der Waals surface area (Å²) in [6.07, 6.45) is 1.58. The SMILES string of the molecule is CCCc1c(N)ccc(Cl)c1C(=O)OCc1ccccc1. The monoisotopic (exact) mass is 303 g/mol. The highest BCUT2D eigenvalue weighted by Crippen LogP contribution is 2.27. The van der Waals surface area contributed by atoms with E-state index in [2.05, 4.69) is 0 Å². The van der Waals surface area contributed by atoms with E-state index in [9.17, 15) is 4.79 Å². The fourth-order valence-electron chi connectivity index (χ4n) is 2.17. The number of carbonyl (C=O) groups is 1. The van der Waals surface area contributed by atoms with Crippen LogP contribution in [0.5, 0.6) is 0 Å². The maximum atomic E-state index is 12.3. The van der Waals surface area contributed by atoms with Gasteiger partial charge in [0.15, 0.2) is 0 Å². The molecule has 0 aliphatic carbocycles. The predicted octanol–water partition coefficient (Wildman–Crippen LogP) is 4.23. The minimum atomic E-state index is -0.431. The summed E-state index contributed by atoms with van der Waals surface area (Å²) in [7, 11) is 0. The smallest absolute Gasteiger partial charge is 0.340 e. The van der Waals surface area contributed by atoms with Crippen LogP contribution in [-0.4, -0.2) is 5.97 Å². The van der Waals surface area contributed by atoms with Crippen molar-refractivity contribution in [3.63, 3.8) is 0 Å². The molecule has 0 saturated heterocycles. The van der Waals surface area contributed by atoms with Crippen molar-refractivity contribution in [3.05, 3.63) is 64.2 Å². The lowest BCUT2D eigenvalue weighted by molar-refractivity contribution is 0.0471. The molecule has 0 aromatic heterocycles. The minimum Gasteiger partial charge on any atom is -0.457 e. The molecule has 2 aromatic carbocycles. The van der Waals surface area contributed by atoms with Crippen molar-refractivity contribution < 1.29 is 9.53 Å². The summed E-state index contributed by atoms with van der Waals surface area (Å²) < 4.78 is 5.36. The fourth-order valence-corrected chi connectivity index (χ4v) is 2.42. The molecule has 0 unspecified atom stereocenters. The van der Waals surface area contributed by atoms with Crippen LogP contribution in [0, 0.1) is 0 Å². The molecule has 0 bridgehead atoms. The first kappa shape index (κ1) is 15.4. The number of nitrogen functional groups attached to an aromatic ring is 1. The van der Waals surface area contributed by atoms with Gasteiger partial charge in [-0.05, 0) is 29.7 Å². The third-order valence-corrected chi connectivity index (χ3v) is 3.53. The van der Waals surface area contributed by atoms with E-state index >= 15 is 0 Å². The number of carbonyl (C=O) groups excluding carboxylic acids is 1. The summed E-state index contributed by atoms with van der Waals surface area (Å²) in [5, 5.41) is 0.380. The molecule has 3 nitrogen and oxygen atoms in total. The lowest BCUT2D eigenvalue weighted by atomic mass is 10.0. The van der Waals surface area contributed by atoms with E-state index in [0.717, 1.165) is 17.5 Å². The summed E-state index contributed by atoms with van der Waals surface area (Å²) in [4.78, 5) is 12.3. The summed E-state index contributed by atoms with van der Waals surface area (Å²) in [6, 6.07) is 12.9. The lowest BCUT2D eigenvalue weighted by Crippen LogP contribution is -2.11. The molecule has 110 valence electrons. The maximum absolute atomic E-state index is 12.3. The summed E-state index contributed by atoms with van der Waals surface area (Å²) in [5.41, 5.74) is 8.62. The highest BCUT2D eigenvalue weighted by atomic mass is 35.5. The normalized spacial score (nSPS) is 10.4. The average molecular weight is 304 g/mol. The fraction of sp³-hybridized carbons (Fsp3) is 0.235. The number of rotatable bonds is 5. The van der Waals surface area contributed by atoms with Gasteiger partial charge in [-0.1, -0.05) is 55.3 Å². The van der Waals surface area contributed by atoms with Crippen LogP contribution < -0.4 is 5.73 Å². The van der Waals surface area contributed by atoms with Crippen LogP contribution in [-0.2, 0) is 17.8 Å². The third-order valence-electron chi connectivity index (χ3n) is 3.22. The van der Waals surface area contributed by atoms with Gasteiger partial charge in [0.1, 0.15) is 6.61 Å². The van der Waals surface area contributed by atoms with Crippen molar-refractivity contribution in [2.24, 2.45) is 0 Å². The van der Waals surface area contributed by atoms with Crippen LogP contribution in [0.25, 0.3) is 0 Å². The zero-order valence-electron chi connectivity index (χ0n) is 11.9. The standard InChI is InChI=1S/C17H18ClNO2/c1-2-6-13-15(19)10-9-14(18)16(13)17(20)21-11-12-7-4-3-5-8-12/h3-5,7-10H,2,6,11,19H2,1H3. The topological polar surface area (TPSA) is 52.3 Å². The largest absolute Gasteiger partial charge is 0.457 e. The second kappa shape index (κ2) is 7.14. The molecule has 4 heteroatoms. The van der Waals surface area contributed by atoms with Gasteiger partial charge in [-0.3, -0.25) is 0 Å². The van der Waals surface area contributed by atoms with Gasteiger partial charge in [0.05, 0.1) is 10.6 Å². The molecule has 0 aliphatic heterocycles. The first-order valence-corrected chi connectivity index (χ1v) is 7.29. The molecule has 2 aromatic rings. The highest BCUT2D eigenvalue weighted by molar-refractivity contribution is 6.34. The van der Waals surface area contributed by atoms with Gasteiger partial charge in [0, 0.05) is 5.69 Å². The van der Waals surface area contributed by atoms with Gasteiger partial charge in [0.2, 0.25) is 0 Å². The number of nitrogens with two attached hydrogens (primary N) is 1. The molecule has 2 N–H and O–H groups in total. The number of ether oxygens (including phenoxy) is 1. The molecular weight excluding hydrogens is 286 g/mol. The van der Waals surface area contributed by atoms with Gasteiger partial charge in [-0.15, -0.1) is 0 Å². The van der Waals surface area contributed by atoms with E-state index in [0.29, 0.717) is 22.7 Å². The number of anilines is 1. The van der Waals surface area contributed by atoms with Gasteiger partial charge in [0.25, 0.3) is 0 Å². The molecule has 0 saturated carbocycles. The van der Waals surface area contributed by atoms with E-state index in [4.69, 9.17) is 22.1 Å². The molecule has 21 heavy (non-hydrogen) atoms. The number of hydrogen-bond acceptors (Lipinski definition) is 3. The van der Waals surface area contributed by atoms with Crippen LogP contribution in [0.1, 0.15) is 34.8 Å².